The van der Waals surface area contributed by atoms with Crippen LogP contribution in [0.3, 0.4) is 0 Å². The Morgan fingerprint density at radius 1 is 1.37 bits per heavy atom. The van der Waals surface area contributed by atoms with E-state index in [9.17, 15) is 13.2 Å². The highest BCUT2D eigenvalue weighted by atomic mass is 32.2. The van der Waals surface area contributed by atoms with Gasteiger partial charge in [-0.1, -0.05) is 12.1 Å². The quantitative estimate of drug-likeness (QED) is 0.826. The van der Waals surface area contributed by atoms with Crippen LogP contribution in [0.4, 0.5) is 0 Å². The summed E-state index contributed by atoms with van der Waals surface area (Å²) < 4.78 is 31.5. The molecular weight excluding hydrogens is 270 g/mol. The summed E-state index contributed by atoms with van der Waals surface area (Å²) in [4.78, 5) is 10.7. The molecule has 6 nitrogen and oxygen atoms in total. The van der Waals surface area contributed by atoms with Gasteiger partial charge in [0.2, 0.25) is 10.0 Å². The second-order valence-corrected chi connectivity index (χ2v) is 6.19. The van der Waals surface area contributed by atoms with Crippen molar-refractivity contribution in [1.29, 1.82) is 0 Å². The van der Waals surface area contributed by atoms with Crippen LogP contribution in [-0.2, 0) is 20.5 Å². The third kappa shape index (κ3) is 4.02. The maximum absolute atomic E-state index is 11.9. The van der Waals surface area contributed by atoms with E-state index in [1.54, 1.807) is 0 Å². The topological polar surface area (TPSA) is 92.7 Å². The lowest BCUT2D eigenvalue weighted by Gasteiger charge is -2.11. The van der Waals surface area contributed by atoms with Crippen molar-refractivity contribution in [1.82, 2.24) is 4.72 Å². The van der Waals surface area contributed by atoms with Gasteiger partial charge < -0.3 is 9.84 Å². The molecule has 2 rings (SSSR count). The summed E-state index contributed by atoms with van der Waals surface area (Å²) in [7, 11) is -3.43. The molecule has 104 valence electrons. The standard InChI is InChI=1S/C12H15NO5S/c14-12(15)10-3-1-9(2-4-10)8-19(16,17)13-11-5-6-18-7-11/h1-4,11,13H,5-8H2,(H,14,15). The number of sulfonamides is 1. The van der Waals surface area contributed by atoms with Crippen LogP contribution < -0.4 is 4.72 Å². The first-order chi connectivity index (χ1) is 8.96. The van der Waals surface area contributed by atoms with Gasteiger partial charge in [0.25, 0.3) is 0 Å². The number of hydrogen-bond donors (Lipinski definition) is 2. The Kier molecular flexibility index (Phi) is 4.18. The highest BCUT2D eigenvalue weighted by molar-refractivity contribution is 7.88. The van der Waals surface area contributed by atoms with Crippen molar-refractivity contribution in [3.63, 3.8) is 0 Å². The largest absolute Gasteiger partial charge is 0.478 e. The molecule has 0 aliphatic carbocycles. The summed E-state index contributed by atoms with van der Waals surface area (Å²) in [6.07, 6.45) is 0.678. The molecule has 19 heavy (non-hydrogen) atoms. The van der Waals surface area contributed by atoms with Crippen molar-refractivity contribution in [3.8, 4) is 0 Å². The first-order valence-electron chi connectivity index (χ1n) is 5.86. The maximum atomic E-state index is 11.9. The van der Waals surface area contributed by atoms with E-state index in [0.717, 1.165) is 0 Å². The van der Waals surface area contributed by atoms with Gasteiger partial charge in [0.15, 0.2) is 0 Å². The summed E-state index contributed by atoms with van der Waals surface area (Å²) >= 11 is 0. The minimum atomic E-state index is -3.43. The monoisotopic (exact) mass is 285 g/mol. The highest BCUT2D eigenvalue weighted by Gasteiger charge is 2.22. The molecule has 1 aromatic rings. The van der Waals surface area contributed by atoms with Gasteiger partial charge in [-0.2, -0.15) is 0 Å². The average Bonchev–Trinajstić information content (AvgIpc) is 2.81. The van der Waals surface area contributed by atoms with Crippen molar-refractivity contribution in [2.75, 3.05) is 13.2 Å². The zero-order valence-electron chi connectivity index (χ0n) is 10.2. The molecule has 1 aliphatic heterocycles. The molecule has 7 heteroatoms. The average molecular weight is 285 g/mol. The Labute approximate surface area is 111 Å². The Morgan fingerprint density at radius 2 is 2.05 bits per heavy atom. The van der Waals surface area contributed by atoms with Gasteiger partial charge in [0.1, 0.15) is 0 Å². The molecule has 1 unspecified atom stereocenters. The van der Waals surface area contributed by atoms with E-state index in [4.69, 9.17) is 9.84 Å². The highest BCUT2D eigenvalue weighted by Crippen LogP contribution is 2.10. The van der Waals surface area contributed by atoms with Crippen molar-refractivity contribution in [2.45, 2.75) is 18.2 Å². The normalized spacial score (nSPS) is 19.5. The molecule has 0 saturated carbocycles. The molecule has 1 fully saturated rings. The van der Waals surface area contributed by atoms with E-state index in [0.29, 0.717) is 25.2 Å². The predicted molar refractivity (Wildman–Crippen MR) is 68.4 cm³/mol. The number of aromatic carboxylic acids is 1. The molecule has 0 spiro atoms. The summed E-state index contributed by atoms with van der Waals surface area (Å²) in [5.41, 5.74) is 0.690. The lowest BCUT2D eigenvalue weighted by atomic mass is 10.1. The molecular formula is C12H15NO5S. The van der Waals surface area contributed by atoms with E-state index < -0.39 is 16.0 Å². The number of benzene rings is 1. The van der Waals surface area contributed by atoms with E-state index in [-0.39, 0.29) is 17.4 Å². The summed E-state index contributed by atoms with van der Waals surface area (Å²) in [6.45, 7) is 0.970. The summed E-state index contributed by atoms with van der Waals surface area (Å²) in [5, 5.41) is 8.75. The summed E-state index contributed by atoms with van der Waals surface area (Å²) in [6, 6.07) is 5.64. The second-order valence-electron chi connectivity index (χ2n) is 4.44. The first-order valence-corrected chi connectivity index (χ1v) is 7.51. The molecule has 0 aromatic heterocycles. The SMILES string of the molecule is O=C(O)c1ccc(CS(=O)(=O)NC2CCOC2)cc1. The van der Waals surface area contributed by atoms with Gasteiger partial charge >= 0.3 is 5.97 Å². The smallest absolute Gasteiger partial charge is 0.335 e. The van der Waals surface area contributed by atoms with Crippen LogP contribution in [0, 0.1) is 0 Å². The predicted octanol–water partition coefficient (Wildman–Crippen LogP) is 0.593. The fraction of sp³-hybridized carbons (Fsp3) is 0.417. The van der Waals surface area contributed by atoms with Crippen LogP contribution in [0.1, 0.15) is 22.3 Å². The molecule has 1 aliphatic rings. The zero-order chi connectivity index (χ0) is 13.9. The van der Waals surface area contributed by atoms with Gasteiger partial charge in [0.05, 0.1) is 17.9 Å². The van der Waals surface area contributed by atoms with Crippen LogP contribution >= 0.6 is 0 Å². The van der Waals surface area contributed by atoms with Gasteiger partial charge in [0, 0.05) is 12.6 Å². The number of carboxylic acids is 1. The molecule has 1 saturated heterocycles. The van der Waals surface area contributed by atoms with Crippen LogP contribution in [0.5, 0.6) is 0 Å². The molecule has 1 atom stereocenters. The van der Waals surface area contributed by atoms with E-state index in [1.165, 1.54) is 24.3 Å². The van der Waals surface area contributed by atoms with Gasteiger partial charge in [-0.25, -0.2) is 17.9 Å². The number of nitrogens with one attached hydrogen (secondary N) is 1. The molecule has 1 heterocycles. The van der Waals surface area contributed by atoms with Crippen LogP contribution in [0.15, 0.2) is 24.3 Å². The van der Waals surface area contributed by atoms with Crippen LogP contribution in [-0.4, -0.2) is 38.7 Å². The molecule has 2 N–H and O–H groups in total. The molecule has 0 bridgehead atoms. The molecule has 0 amide bonds. The van der Waals surface area contributed by atoms with Crippen molar-refractivity contribution < 1.29 is 23.1 Å². The number of rotatable bonds is 5. The number of carboxylic acid groups (broad SMARTS) is 1. The van der Waals surface area contributed by atoms with Crippen molar-refractivity contribution in [3.05, 3.63) is 35.4 Å². The Balaban J connectivity index is 2.00. The fourth-order valence-corrected chi connectivity index (χ4v) is 3.29. The van der Waals surface area contributed by atoms with E-state index >= 15 is 0 Å². The summed E-state index contributed by atoms with van der Waals surface area (Å²) in [5.74, 6) is -1.20. The number of ether oxygens (including phenoxy) is 1. The number of carbonyl (C=O) groups is 1. The first kappa shape index (κ1) is 14.0. The third-order valence-electron chi connectivity index (χ3n) is 2.83. The Hall–Kier alpha value is -1.44. The van der Waals surface area contributed by atoms with Gasteiger partial charge in [-0.3, -0.25) is 0 Å². The minimum Gasteiger partial charge on any atom is -0.478 e. The Bertz CT molecular complexity index is 546. The lowest BCUT2D eigenvalue weighted by Crippen LogP contribution is -2.35. The van der Waals surface area contributed by atoms with E-state index in [1.807, 2.05) is 0 Å². The van der Waals surface area contributed by atoms with Crippen LogP contribution in [0.25, 0.3) is 0 Å². The minimum absolute atomic E-state index is 0.137. The zero-order valence-corrected chi connectivity index (χ0v) is 11.0. The second kappa shape index (κ2) is 5.68. The fourth-order valence-electron chi connectivity index (χ4n) is 1.89. The van der Waals surface area contributed by atoms with Gasteiger partial charge in [-0.05, 0) is 24.1 Å². The maximum Gasteiger partial charge on any atom is 0.335 e. The van der Waals surface area contributed by atoms with Crippen molar-refractivity contribution >= 4 is 16.0 Å². The molecule has 0 radical (unpaired) electrons. The third-order valence-corrected chi connectivity index (χ3v) is 4.24. The van der Waals surface area contributed by atoms with Crippen LogP contribution in [0.2, 0.25) is 0 Å². The molecule has 1 aromatic carbocycles. The number of hydrogen-bond acceptors (Lipinski definition) is 4. The lowest BCUT2D eigenvalue weighted by molar-refractivity contribution is 0.0697. The van der Waals surface area contributed by atoms with Crippen molar-refractivity contribution in [2.24, 2.45) is 0 Å². The van der Waals surface area contributed by atoms with E-state index in [2.05, 4.69) is 4.72 Å². The van der Waals surface area contributed by atoms with Gasteiger partial charge in [-0.15, -0.1) is 0 Å². The Morgan fingerprint density at radius 3 is 2.58 bits per heavy atom.